The van der Waals surface area contributed by atoms with Crippen LogP contribution in [0, 0.1) is 5.92 Å². The Morgan fingerprint density at radius 3 is 2.30 bits per heavy atom. The second-order valence-corrected chi connectivity index (χ2v) is 8.76. The lowest BCUT2D eigenvalue weighted by Crippen LogP contribution is -2.54. The highest BCUT2D eigenvalue weighted by Crippen LogP contribution is 2.20. The predicted molar refractivity (Wildman–Crippen MR) is 98.0 cm³/mol. The van der Waals surface area contributed by atoms with E-state index in [1.165, 1.54) is 9.75 Å². The second-order valence-electron chi connectivity index (χ2n) is 7.50. The molecule has 132 valence electrons. The number of nitrogens with one attached hydrogen (secondary N) is 2. The molecule has 1 amide bonds. The van der Waals surface area contributed by atoms with Gasteiger partial charge in [0.2, 0.25) is 0 Å². The molecule has 0 aliphatic rings. The summed E-state index contributed by atoms with van der Waals surface area (Å²) in [5.41, 5.74) is -0.660. The van der Waals surface area contributed by atoms with Gasteiger partial charge in [0.1, 0.15) is 5.60 Å². The van der Waals surface area contributed by atoms with Gasteiger partial charge < -0.3 is 15.4 Å². The molecule has 23 heavy (non-hydrogen) atoms. The molecule has 1 heterocycles. The average molecular weight is 341 g/mol. The van der Waals surface area contributed by atoms with Crippen molar-refractivity contribution in [3.8, 4) is 0 Å². The highest BCUT2D eigenvalue weighted by atomic mass is 32.1. The number of thiophene rings is 1. The Hall–Kier alpha value is -1.07. The van der Waals surface area contributed by atoms with Crippen molar-refractivity contribution in [3.63, 3.8) is 0 Å². The van der Waals surface area contributed by atoms with Crippen LogP contribution in [0.2, 0.25) is 0 Å². The van der Waals surface area contributed by atoms with Crippen molar-refractivity contribution in [2.75, 3.05) is 6.54 Å². The first kappa shape index (κ1) is 20.0. The molecule has 4 nitrogen and oxygen atoms in total. The molecule has 0 bridgehead atoms. The van der Waals surface area contributed by atoms with E-state index in [1.807, 2.05) is 32.1 Å². The van der Waals surface area contributed by atoms with Crippen molar-refractivity contribution in [1.29, 1.82) is 0 Å². The van der Waals surface area contributed by atoms with Gasteiger partial charge in [0, 0.05) is 28.4 Å². The van der Waals surface area contributed by atoms with E-state index in [1.54, 1.807) is 0 Å². The lowest BCUT2D eigenvalue weighted by Gasteiger charge is -2.35. The lowest BCUT2D eigenvalue weighted by molar-refractivity contribution is 0.0503. The molecule has 0 aliphatic heterocycles. The van der Waals surface area contributed by atoms with Crippen molar-refractivity contribution >= 4 is 17.4 Å². The van der Waals surface area contributed by atoms with Gasteiger partial charge in [-0.3, -0.25) is 0 Å². The number of hydrogen-bond acceptors (Lipinski definition) is 4. The van der Waals surface area contributed by atoms with Crippen LogP contribution in [-0.4, -0.2) is 23.8 Å². The van der Waals surface area contributed by atoms with Crippen LogP contribution in [0.25, 0.3) is 0 Å². The minimum absolute atomic E-state index is 0.187. The smallest absolute Gasteiger partial charge is 0.407 e. The summed E-state index contributed by atoms with van der Waals surface area (Å²) in [5, 5.41) is 6.50. The summed E-state index contributed by atoms with van der Waals surface area (Å²) in [5.74, 6) is 0.378. The molecule has 0 spiro atoms. The third kappa shape index (κ3) is 6.92. The van der Waals surface area contributed by atoms with Gasteiger partial charge in [0.05, 0.1) is 0 Å². The van der Waals surface area contributed by atoms with Crippen LogP contribution in [0.3, 0.4) is 0 Å². The fourth-order valence-corrected chi connectivity index (χ4v) is 2.93. The monoisotopic (exact) mass is 340 g/mol. The molecule has 1 aromatic rings. The first-order valence-electron chi connectivity index (χ1n) is 8.35. The maximum atomic E-state index is 11.9. The third-order valence-corrected chi connectivity index (χ3v) is 5.23. The molecular weight excluding hydrogens is 308 g/mol. The van der Waals surface area contributed by atoms with Gasteiger partial charge in [0.15, 0.2) is 0 Å². The Bertz CT molecular complexity index is 505. The van der Waals surface area contributed by atoms with Crippen molar-refractivity contribution in [2.45, 2.75) is 72.6 Å². The van der Waals surface area contributed by atoms with Crippen LogP contribution in [0.15, 0.2) is 12.1 Å². The van der Waals surface area contributed by atoms with Crippen molar-refractivity contribution in [3.05, 3.63) is 21.9 Å². The standard InChI is InChI=1S/C18H32N2O2S/c1-8-14-9-10-15(23-14)11-20-18(7,13(2)3)12-19-16(21)22-17(4,5)6/h9-10,13,20H,8,11-12H2,1-7H3,(H,19,21). The summed E-state index contributed by atoms with van der Waals surface area (Å²) >= 11 is 1.84. The minimum Gasteiger partial charge on any atom is -0.444 e. The lowest BCUT2D eigenvalue weighted by atomic mass is 9.88. The van der Waals surface area contributed by atoms with Crippen LogP contribution >= 0.6 is 11.3 Å². The Labute approximate surface area is 145 Å². The number of aryl methyl sites for hydroxylation is 1. The zero-order valence-electron chi connectivity index (χ0n) is 15.6. The largest absolute Gasteiger partial charge is 0.444 e. The van der Waals surface area contributed by atoms with E-state index in [2.05, 4.69) is 50.5 Å². The number of carbonyl (C=O) groups excluding carboxylic acids is 1. The van der Waals surface area contributed by atoms with Gasteiger partial charge in [-0.1, -0.05) is 20.8 Å². The fraction of sp³-hybridized carbons (Fsp3) is 0.722. The maximum Gasteiger partial charge on any atom is 0.407 e. The molecule has 0 radical (unpaired) electrons. The highest BCUT2D eigenvalue weighted by Gasteiger charge is 2.29. The Balaban J connectivity index is 2.58. The molecular formula is C18H32N2O2S. The molecule has 0 saturated carbocycles. The van der Waals surface area contributed by atoms with Gasteiger partial charge >= 0.3 is 6.09 Å². The van der Waals surface area contributed by atoms with E-state index in [9.17, 15) is 4.79 Å². The predicted octanol–water partition coefficient (Wildman–Crippen LogP) is 4.34. The third-order valence-electron chi connectivity index (χ3n) is 4.01. The molecule has 0 saturated heterocycles. The number of carbonyl (C=O) groups is 1. The Morgan fingerprint density at radius 2 is 1.83 bits per heavy atom. The van der Waals surface area contributed by atoms with Gasteiger partial charge in [-0.2, -0.15) is 0 Å². The van der Waals surface area contributed by atoms with Gasteiger partial charge in [-0.15, -0.1) is 11.3 Å². The first-order chi connectivity index (χ1) is 10.6. The molecule has 1 aromatic heterocycles. The zero-order valence-corrected chi connectivity index (χ0v) is 16.4. The zero-order chi connectivity index (χ0) is 17.7. The van der Waals surface area contributed by atoms with E-state index < -0.39 is 5.60 Å². The molecule has 0 aromatic carbocycles. The molecule has 0 fully saturated rings. The Kier molecular flexibility index (Phi) is 7.08. The number of hydrogen-bond donors (Lipinski definition) is 2. The summed E-state index contributed by atoms with van der Waals surface area (Å²) in [6, 6.07) is 4.37. The van der Waals surface area contributed by atoms with Gasteiger partial charge in [0.25, 0.3) is 0 Å². The molecule has 1 unspecified atom stereocenters. The topological polar surface area (TPSA) is 50.4 Å². The fourth-order valence-electron chi connectivity index (χ4n) is 2.04. The summed E-state index contributed by atoms with van der Waals surface area (Å²) in [6.07, 6.45) is 0.710. The maximum absolute atomic E-state index is 11.9. The van der Waals surface area contributed by atoms with Crippen LogP contribution in [-0.2, 0) is 17.7 Å². The number of amides is 1. The molecule has 2 N–H and O–H groups in total. The number of rotatable bonds is 7. The summed E-state index contributed by atoms with van der Waals surface area (Å²) in [7, 11) is 0. The van der Waals surface area contributed by atoms with Crippen LogP contribution in [0.5, 0.6) is 0 Å². The van der Waals surface area contributed by atoms with Gasteiger partial charge in [-0.05, 0) is 52.2 Å². The van der Waals surface area contributed by atoms with Crippen LogP contribution < -0.4 is 10.6 Å². The van der Waals surface area contributed by atoms with E-state index in [0.717, 1.165) is 13.0 Å². The normalized spacial score (nSPS) is 14.6. The van der Waals surface area contributed by atoms with Crippen LogP contribution in [0.1, 0.15) is 58.2 Å². The van der Waals surface area contributed by atoms with E-state index in [0.29, 0.717) is 12.5 Å². The van der Waals surface area contributed by atoms with E-state index in [4.69, 9.17) is 4.74 Å². The van der Waals surface area contributed by atoms with Crippen molar-refractivity contribution in [2.24, 2.45) is 5.92 Å². The van der Waals surface area contributed by atoms with E-state index >= 15 is 0 Å². The minimum atomic E-state index is -0.473. The van der Waals surface area contributed by atoms with E-state index in [-0.39, 0.29) is 11.6 Å². The Morgan fingerprint density at radius 1 is 1.22 bits per heavy atom. The first-order valence-corrected chi connectivity index (χ1v) is 9.17. The SMILES string of the molecule is CCc1ccc(CNC(C)(CNC(=O)OC(C)(C)C)C(C)C)s1. The second kappa shape index (κ2) is 8.15. The molecule has 1 rings (SSSR count). The number of ether oxygens (including phenoxy) is 1. The quantitative estimate of drug-likeness (QED) is 0.776. The molecule has 0 aliphatic carbocycles. The molecule has 1 atom stereocenters. The molecule has 5 heteroatoms. The highest BCUT2D eigenvalue weighted by molar-refractivity contribution is 7.11. The summed E-state index contributed by atoms with van der Waals surface area (Å²) < 4.78 is 5.32. The van der Waals surface area contributed by atoms with Crippen LogP contribution in [0.4, 0.5) is 4.79 Å². The van der Waals surface area contributed by atoms with Gasteiger partial charge in [-0.25, -0.2) is 4.79 Å². The number of alkyl carbamates (subject to hydrolysis) is 1. The summed E-state index contributed by atoms with van der Waals surface area (Å²) in [4.78, 5) is 14.6. The van der Waals surface area contributed by atoms with Crippen molar-refractivity contribution < 1.29 is 9.53 Å². The van der Waals surface area contributed by atoms with Crippen molar-refractivity contribution in [1.82, 2.24) is 10.6 Å². The average Bonchev–Trinajstić information content (AvgIpc) is 2.89. The summed E-state index contributed by atoms with van der Waals surface area (Å²) in [6.45, 7) is 15.6.